The van der Waals surface area contributed by atoms with Crippen LogP contribution in [0.15, 0.2) is 30.3 Å². The summed E-state index contributed by atoms with van der Waals surface area (Å²) in [5.41, 5.74) is -0.309. The molecule has 3 aliphatic rings. The van der Waals surface area contributed by atoms with Gasteiger partial charge in [-0.15, -0.1) is 0 Å². The van der Waals surface area contributed by atoms with E-state index >= 15 is 0 Å². The van der Waals surface area contributed by atoms with Gasteiger partial charge < -0.3 is 62.2 Å². The summed E-state index contributed by atoms with van der Waals surface area (Å²) in [6, 6.07) is 8.97. The molecule has 1 N–H and O–H groups in total. The first-order valence-electron chi connectivity index (χ1n) is 24.3. The van der Waals surface area contributed by atoms with Gasteiger partial charge in [0.1, 0.15) is 42.9 Å². The summed E-state index contributed by atoms with van der Waals surface area (Å²) in [7, 11) is 4.86. The quantitative estimate of drug-likeness (QED) is 0.139. The Hall–Kier alpha value is -4.08. The van der Waals surface area contributed by atoms with Gasteiger partial charge in [-0.1, -0.05) is 51.1 Å². The Balaban J connectivity index is 1.75. The first-order chi connectivity index (χ1) is 32.6. The number of ether oxygens (including phenoxy) is 10. The summed E-state index contributed by atoms with van der Waals surface area (Å²) in [5.74, 6) is -4.01. The number of cyclic esters (lactones) is 1. The van der Waals surface area contributed by atoms with Crippen molar-refractivity contribution in [3.05, 3.63) is 35.9 Å². The van der Waals surface area contributed by atoms with E-state index < -0.39 is 133 Å². The van der Waals surface area contributed by atoms with Crippen molar-refractivity contribution in [1.29, 1.82) is 0 Å². The zero-order valence-electron chi connectivity index (χ0n) is 42.6. The fourth-order valence-electron chi connectivity index (χ4n) is 9.78. The molecule has 3 saturated heterocycles. The fourth-order valence-corrected chi connectivity index (χ4v) is 9.78. The lowest BCUT2D eigenvalue weighted by Gasteiger charge is -2.50. The predicted molar refractivity (Wildman–Crippen MR) is 248 cm³/mol. The Morgan fingerprint density at radius 2 is 1.55 bits per heavy atom. The van der Waals surface area contributed by atoms with Gasteiger partial charge in [0.2, 0.25) is 0 Å². The molecule has 19 nitrogen and oxygen atoms in total. The summed E-state index contributed by atoms with van der Waals surface area (Å²) in [4.78, 5) is 81.1. The van der Waals surface area contributed by atoms with E-state index in [4.69, 9.17) is 47.4 Å². The molecule has 3 fully saturated rings. The van der Waals surface area contributed by atoms with Gasteiger partial charge in [-0.3, -0.25) is 28.9 Å². The molecule has 1 aromatic carbocycles. The molecule has 0 amide bonds. The van der Waals surface area contributed by atoms with Crippen molar-refractivity contribution in [2.75, 3.05) is 34.3 Å². The lowest BCUT2D eigenvalue weighted by Crippen LogP contribution is -2.66. The van der Waals surface area contributed by atoms with Crippen molar-refractivity contribution in [1.82, 2.24) is 9.80 Å². The zero-order valence-corrected chi connectivity index (χ0v) is 42.6. The third-order valence-electron chi connectivity index (χ3n) is 13.1. The summed E-state index contributed by atoms with van der Waals surface area (Å²) in [6.07, 6.45) is -11.4. The van der Waals surface area contributed by atoms with Crippen LogP contribution in [-0.2, 0) is 82.7 Å². The Morgan fingerprint density at radius 3 is 2.14 bits per heavy atom. The molecule has 0 bridgehead atoms. The van der Waals surface area contributed by atoms with Crippen LogP contribution in [0.2, 0.25) is 0 Å². The molecule has 4 rings (SSSR count). The SMILES string of the molecule is CCC(=O)OC1C(C)OC(OC2C(C)OC(O[C@@H]3C(OC)[C@H](OC(=O)CC)CC(=O)O[C@H](C)CCN(Cc4ccccc4)C[C@H](OC(C)=O)[C@H](C)C[C@@H]3CC=O)C(O)C2N(C)C)CC1(C)OC(C)=O. The van der Waals surface area contributed by atoms with Crippen LogP contribution < -0.4 is 0 Å². The molecule has 0 spiro atoms. The Kier molecular flexibility index (Phi) is 22.4. The third kappa shape index (κ3) is 16.5. The minimum atomic E-state index is -1.45. The minimum Gasteiger partial charge on any atom is -0.463 e. The Bertz CT molecular complexity index is 1820. The molecule has 0 saturated carbocycles. The summed E-state index contributed by atoms with van der Waals surface area (Å²) in [5, 5.41) is 12.4. The summed E-state index contributed by atoms with van der Waals surface area (Å²) < 4.78 is 61.7. The van der Waals surface area contributed by atoms with E-state index in [2.05, 4.69) is 4.90 Å². The number of carbonyl (C=O) groups is 6. The van der Waals surface area contributed by atoms with E-state index in [9.17, 15) is 33.9 Å². The van der Waals surface area contributed by atoms with Crippen molar-refractivity contribution in [2.45, 2.75) is 199 Å². The third-order valence-corrected chi connectivity index (χ3v) is 13.1. The molecule has 19 heteroatoms. The molecule has 16 atom stereocenters. The maximum absolute atomic E-state index is 13.8. The molecule has 0 radical (unpaired) electrons. The zero-order chi connectivity index (χ0) is 51.2. The molecule has 390 valence electrons. The standard InChI is InChI=1S/C50H78N2O17/c1-13-39(56)65-37-25-41(58)61-30(4)20-22-52(27-35-18-16-15-17-19-35)28-38(64-33(7)54)29(3)24-36(21-23-53)46(47(37)60-12)68-49-44(59)43(51(10)11)45(31(5)63-49)67-42-26-50(9,69-34(8)55)48(32(6)62-42)66-40(57)14-2/h15-19,23,29-32,36-38,42-49,59H,13-14,20-22,24-28H2,1-12H3/t29-,30-,31?,32?,36+,37-,38+,42?,43?,44?,45?,46+,47?,48?,49?,50?/m1/s1. The highest BCUT2D eigenvalue weighted by Gasteiger charge is 2.54. The lowest BCUT2D eigenvalue weighted by molar-refractivity contribution is -0.344. The van der Waals surface area contributed by atoms with E-state index in [0.717, 1.165) is 11.8 Å². The van der Waals surface area contributed by atoms with Crippen LogP contribution in [0.1, 0.15) is 113 Å². The molecule has 10 unspecified atom stereocenters. The molecule has 0 aromatic heterocycles. The molecule has 3 heterocycles. The highest BCUT2D eigenvalue weighted by atomic mass is 16.7. The van der Waals surface area contributed by atoms with Crippen LogP contribution in [0.3, 0.4) is 0 Å². The Labute approximate surface area is 407 Å². The first-order valence-corrected chi connectivity index (χ1v) is 24.3. The molecule has 69 heavy (non-hydrogen) atoms. The summed E-state index contributed by atoms with van der Waals surface area (Å²) >= 11 is 0. The van der Waals surface area contributed by atoms with Crippen LogP contribution in [0, 0.1) is 11.8 Å². The normalized spacial score (nSPS) is 35.4. The number of hydrogen-bond donors (Lipinski definition) is 1. The maximum Gasteiger partial charge on any atom is 0.309 e. The van der Waals surface area contributed by atoms with Crippen LogP contribution in [0.5, 0.6) is 0 Å². The number of aliphatic hydroxyl groups excluding tert-OH is 1. The number of benzene rings is 1. The molecule has 0 aliphatic carbocycles. The second kappa shape index (κ2) is 26.9. The topological polar surface area (TPSA) is 221 Å². The number of likely N-dealkylation sites (N-methyl/N-ethyl adjacent to an activating group) is 1. The second-order valence-electron chi connectivity index (χ2n) is 19.1. The van der Waals surface area contributed by atoms with Gasteiger partial charge >= 0.3 is 29.8 Å². The van der Waals surface area contributed by atoms with Crippen molar-refractivity contribution in [3.63, 3.8) is 0 Å². The van der Waals surface area contributed by atoms with E-state index in [-0.39, 0.29) is 32.1 Å². The van der Waals surface area contributed by atoms with Crippen molar-refractivity contribution < 1.29 is 81.2 Å². The van der Waals surface area contributed by atoms with Crippen LogP contribution in [-0.4, -0.2) is 171 Å². The smallest absolute Gasteiger partial charge is 0.309 e. The lowest BCUT2D eigenvalue weighted by atomic mass is 9.82. The Morgan fingerprint density at radius 1 is 0.884 bits per heavy atom. The van der Waals surface area contributed by atoms with E-state index in [1.54, 1.807) is 60.5 Å². The fraction of sp³-hybridized carbons (Fsp3) is 0.760. The number of aliphatic hydroxyl groups is 1. The van der Waals surface area contributed by atoms with Crippen molar-refractivity contribution >= 4 is 36.1 Å². The number of methoxy groups -OCH3 is 1. The van der Waals surface area contributed by atoms with Crippen molar-refractivity contribution in [2.24, 2.45) is 11.8 Å². The number of carbonyl (C=O) groups excluding carboxylic acids is 6. The average Bonchev–Trinajstić information content (AvgIpc) is 3.27. The number of aldehydes is 1. The van der Waals surface area contributed by atoms with Crippen LogP contribution in [0.4, 0.5) is 0 Å². The largest absolute Gasteiger partial charge is 0.463 e. The highest BCUT2D eigenvalue weighted by molar-refractivity contribution is 5.73. The first kappa shape index (κ1) is 57.5. The van der Waals surface area contributed by atoms with E-state index in [0.29, 0.717) is 26.1 Å². The minimum absolute atomic E-state index is 0.0258. The number of hydrogen-bond acceptors (Lipinski definition) is 19. The molecule has 3 aliphatic heterocycles. The molecular weight excluding hydrogens is 901 g/mol. The number of nitrogens with zero attached hydrogens (tertiary/aromatic N) is 2. The van der Waals surface area contributed by atoms with Crippen LogP contribution in [0.25, 0.3) is 0 Å². The van der Waals surface area contributed by atoms with Crippen LogP contribution >= 0.6 is 0 Å². The van der Waals surface area contributed by atoms with Gasteiger partial charge in [-0.25, -0.2) is 0 Å². The van der Waals surface area contributed by atoms with E-state index in [1.165, 1.54) is 21.0 Å². The van der Waals surface area contributed by atoms with Gasteiger partial charge in [0.25, 0.3) is 0 Å². The van der Waals surface area contributed by atoms with E-state index in [1.807, 2.05) is 37.3 Å². The van der Waals surface area contributed by atoms with Gasteiger partial charge in [0, 0.05) is 66.3 Å². The van der Waals surface area contributed by atoms with Gasteiger partial charge in [-0.05, 0) is 72.0 Å². The van der Waals surface area contributed by atoms with Gasteiger partial charge in [-0.2, -0.15) is 0 Å². The van der Waals surface area contributed by atoms with Gasteiger partial charge in [0.15, 0.2) is 24.3 Å². The second-order valence-corrected chi connectivity index (χ2v) is 19.1. The predicted octanol–water partition coefficient (Wildman–Crippen LogP) is 4.30. The molecule has 1 aromatic rings. The van der Waals surface area contributed by atoms with Crippen molar-refractivity contribution in [3.8, 4) is 0 Å². The molecular formula is C50H78N2O17. The number of rotatable bonds is 16. The highest BCUT2D eigenvalue weighted by Crippen LogP contribution is 2.39. The number of esters is 5. The average molecular weight is 979 g/mol. The summed E-state index contributed by atoms with van der Waals surface area (Å²) in [6.45, 7) is 15.9. The maximum atomic E-state index is 13.8. The monoisotopic (exact) mass is 979 g/mol. The van der Waals surface area contributed by atoms with Gasteiger partial charge in [0.05, 0.1) is 30.8 Å².